The van der Waals surface area contributed by atoms with Gasteiger partial charge in [-0.05, 0) is 0 Å². The maximum Gasteiger partial charge on any atom is 0.303 e. The van der Waals surface area contributed by atoms with Crippen LogP contribution in [0.15, 0.2) is 19.6 Å². The monoisotopic (exact) mass is 994 g/mol. The molecule has 0 unspecified atom stereocenters. The van der Waals surface area contributed by atoms with Crippen LogP contribution in [0.3, 0.4) is 0 Å². The summed E-state index contributed by atoms with van der Waals surface area (Å²) in [5.74, 6) is -7.80. The summed E-state index contributed by atoms with van der Waals surface area (Å²) in [5.41, 5.74) is -2.98. The van der Waals surface area contributed by atoms with Crippen LogP contribution in [0, 0.1) is 0 Å². The molecule has 0 radical (unpaired) electrons. The number of ether oxygens (including phenoxy) is 12. The average Bonchev–Trinajstić information content (AvgIpc) is 3.25. The van der Waals surface area contributed by atoms with Crippen molar-refractivity contribution in [1.29, 1.82) is 0 Å². The van der Waals surface area contributed by atoms with E-state index >= 15 is 0 Å². The van der Waals surface area contributed by atoms with Crippen molar-refractivity contribution in [3.8, 4) is 12.0 Å². The molecular weight excluding hydrogens is 944 g/mol. The maximum atomic E-state index is 13.5. The van der Waals surface area contributed by atoms with Crippen LogP contribution in [0.5, 0.6) is 12.0 Å². The largest absolute Gasteiger partial charge is 0.468 e. The lowest BCUT2D eigenvalue weighted by Crippen LogP contribution is -2.64. The number of hydrogen-bond donors (Lipinski definition) is 4. The second-order valence-corrected chi connectivity index (χ2v) is 14.6. The predicted octanol–water partition coefficient (Wildman–Crippen LogP) is -1.03. The number of esters is 8. The van der Waals surface area contributed by atoms with Gasteiger partial charge in [-0.15, -0.1) is 0 Å². The lowest BCUT2D eigenvalue weighted by Gasteiger charge is -2.44. The molecule has 0 amide bonds. The van der Waals surface area contributed by atoms with Gasteiger partial charge in [0.15, 0.2) is 72.1 Å². The SMILES string of the molecule is COc1nc(N[C@@H]2O[C@H](COC(C)=O)[C@H](OC(C)=O)[C@@H](OC(C)=O)[C@H]2OC(C)=O)c(N=CC=Nc2c(N[C@@H]3O[C@H](COC(C)=O)[C@H](OC(C)=O)[C@H](OC(C)=O)[C@@H]3OC(C)=O)nc(OC)[nH]c2=O)c(=O)[nH]1. The molecular formula is C40H50N8O22. The van der Waals surface area contributed by atoms with Crippen LogP contribution in [0.25, 0.3) is 0 Å². The molecule has 0 saturated carbocycles. The molecule has 4 N–H and O–H groups in total. The van der Waals surface area contributed by atoms with E-state index in [1.54, 1.807) is 0 Å². The van der Waals surface area contributed by atoms with Gasteiger partial charge in [-0.25, -0.2) is 9.98 Å². The molecule has 4 heterocycles. The molecule has 30 nitrogen and oxygen atoms in total. The Morgan fingerprint density at radius 1 is 0.500 bits per heavy atom. The van der Waals surface area contributed by atoms with Crippen molar-refractivity contribution in [1.82, 2.24) is 19.9 Å². The van der Waals surface area contributed by atoms with Gasteiger partial charge in [-0.2, -0.15) is 9.97 Å². The van der Waals surface area contributed by atoms with E-state index in [1.165, 1.54) is 14.2 Å². The van der Waals surface area contributed by atoms with E-state index in [0.717, 1.165) is 67.8 Å². The lowest BCUT2D eigenvalue weighted by molar-refractivity contribution is -0.247. The Morgan fingerprint density at radius 3 is 1.09 bits per heavy atom. The molecule has 4 rings (SSSR count). The van der Waals surface area contributed by atoms with Gasteiger partial charge in [0.1, 0.15) is 25.4 Å². The number of nitrogens with one attached hydrogen (secondary N) is 4. The molecule has 2 aromatic rings. The summed E-state index contributed by atoms with van der Waals surface area (Å²) in [6.07, 6.45) is -13.7. The Labute approximate surface area is 395 Å². The van der Waals surface area contributed by atoms with Crippen molar-refractivity contribution in [2.45, 2.75) is 117 Å². The Balaban J connectivity index is 1.80. The Hall–Kier alpha value is -8.02. The highest BCUT2D eigenvalue weighted by atomic mass is 16.7. The Morgan fingerprint density at radius 2 is 0.800 bits per heavy atom. The van der Waals surface area contributed by atoms with E-state index in [1.807, 2.05) is 0 Å². The summed E-state index contributed by atoms with van der Waals surface area (Å²) in [5, 5.41) is 5.50. The van der Waals surface area contributed by atoms with Crippen LogP contribution in [-0.2, 0) is 85.7 Å². The van der Waals surface area contributed by atoms with E-state index in [0.29, 0.717) is 0 Å². The first-order valence-electron chi connectivity index (χ1n) is 20.6. The van der Waals surface area contributed by atoms with Crippen LogP contribution in [0.1, 0.15) is 55.4 Å². The van der Waals surface area contributed by atoms with Gasteiger partial charge < -0.3 is 67.5 Å². The topological polar surface area (TPSA) is 388 Å². The summed E-state index contributed by atoms with van der Waals surface area (Å²) in [7, 11) is 2.33. The third-order valence-electron chi connectivity index (χ3n) is 9.15. The Kier molecular flexibility index (Phi) is 19.4. The van der Waals surface area contributed by atoms with Crippen LogP contribution in [0.2, 0.25) is 0 Å². The van der Waals surface area contributed by atoms with Crippen LogP contribution in [0.4, 0.5) is 23.0 Å². The van der Waals surface area contributed by atoms with E-state index in [2.05, 4.69) is 40.6 Å². The highest BCUT2D eigenvalue weighted by Gasteiger charge is 2.54. The fourth-order valence-electron chi connectivity index (χ4n) is 6.70. The first kappa shape index (κ1) is 54.6. The third kappa shape index (κ3) is 15.2. The average molecular weight is 995 g/mol. The second-order valence-electron chi connectivity index (χ2n) is 14.6. The first-order chi connectivity index (χ1) is 33.0. The van der Waals surface area contributed by atoms with Crippen LogP contribution in [-0.4, -0.2) is 169 Å². The molecule has 2 aromatic heterocycles. The number of nitrogens with zero attached hydrogens (tertiary/aromatic N) is 4. The second kappa shape index (κ2) is 24.8. The van der Waals surface area contributed by atoms with Crippen molar-refractivity contribution in [2.75, 3.05) is 38.1 Å². The highest BCUT2D eigenvalue weighted by molar-refractivity contribution is 6.17. The highest BCUT2D eigenvalue weighted by Crippen LogP contribution is 2.33. The van der Waals surface area contributed by atoms with E-state index in [-0.39, 0.29) is 12.0 Å². The van der Waals surface area contributed by atoms with Crippen LogP contribution >= 0.6 is 0 Å². The minimum Gasteiger partial charge on any atom is -0.468 e. The van der Waals surface area contributed by atoms with Gasteiger partial charge in [0, 0.05) is 67.8 Å². The van der Waals surface area contributed by atoms with Gasteiger partial charge in [-0.1, -0.05) is 0 Å². The number of carbonyl (C=O) groups excluding carboxylic acids is 8. The molecule has 0 bridgehead atoms. The lowest BCUT2D eigenvalue weighted by atomic mass is 9.97. The van der Waals surface area contributed by atoms with E-state index < -0.39 is 156 Å². The number of carbonyl (C=O) groups is 8. The fraction of sp³-hybridized carbons (Fsp3) is 0.550. The molecule has 2 aliphatic rings. The van der Waals surface area contributed by atoms with Crippen molar-refractivity contribution >= 4 is 83.2 Å². The molecule has 2 fully saturated rings. The summed E-state index contributed by atoms with van der Waals surface area (Å²) in [6, 6.07) is -0.751. The standard InChI is InChI=1S/C40H50N8O22/c1-15(49)61-13-23-27(63-17(3)51)29(65-19(5)53)31(67-21(7)55)37(69-23)43-33-25(35(57)47-39(45-33)59-9)41-11-12-42-26-34(46-40(60-10)48-36(26)58)44-38-32(68-22(8)56)30(66-20(6)54)28(64-18(4)52)24(70-38)14-62-16(2)50/h11-12,23-24,27-32,37-38H,13-14H2,1-10H3,(H2,43,45,47,57)(H2,44,46,48,58)/t23-,24-,27+,28+,29-,30+,31-,32+,37-,38-/m1/s1. The van der Waals surface area contributed by atoms with Crippen molar-refractivity contribution < 1.29 is 95.2 Å². The summed E-state index contributed by atoms with van der Waals surface area (Å²) in [6.45, 7) is 7.20. The smallest absolute Gasteiger partial charge is 0.303 e. The number of aromatic nitrogens is 4. The normalized spacial score (nSPS) is 24.0. The van der Waals surface area contributed by atoms with Gasteiger partial charge in [0.05, 0.1) is 14.2 Å². The number of anilines is 2. The number of aromatic amines is 2. The quantitative estimate of drug-likeness (QED) is 0.0742. The minimum atomic E-state index is -1.65. The van der Waals surface area contributed by atoms with Crippen LogP contribution < -0.4 is 31.2 Å². The molecule has 382 valence electrons. The van der Waals surface area contributed by atoms with Gasteiger partial charge in [-0.3, -0.25) is 57.9 Å². The van der Waals surface area contributed by atoms with Gasteiger partial charge in [0.25, 0.3) is 23.1 Å². The first-order valence-corrected chi connectivity index (χ1v) is 20.6. The van der Waals surface area contributed by atoms with Gasteiger partial charge in [0.2, 0.25) is 0 Å². The fourth-order valence-corrected chi connectivity index (χ4v) is 6.70. The summed E-state index contributed by atoms with van der Waals surface area (Å²) < 4.78 is 65.3. The molecule has 30 heteroatoms. The maximum absolute atomic E-state index is 13.5. The molecule has 2 saturated heterocycles. The summed E-state index contributed by atoms with van der Waals surface area (Å²) in [4.78, 5) is 146. The zero-order chi connectivity index (χ0) is 52.0. The molecule has 0 spiro atoms. The molecule has 0 aliphatic carbocycles. The third-order valence-corrected chi connectivity index (χ3v) is 9.15. The molecule has 10 atom stereocenters. The number of aliphatic imine (C=N–C) groups is 2. The van der Waals surface area contributed by atoms with E-state index in [4.69, 9.17) is 56.8 Å². The minimum absolute atomic E-state index is 0.375. The summed E-state index contributed by atoms with van der Waals surface area (Å²) >= 11 is 0. The van der Waals surface area contributed by atoms with Crippen molar-refractivity contribution in [2.24, 2.45) is 9.98 Å². The molecule has 70 heavy (non-hydrogen) atoms. The zero-order valence-electron chi connectivity index (χ0n) is 39.1. The molecule has 2 aliphatic heterocycles. The number of methoxy groups -OCH3 is 2. The number of hydrogen-bond acceptors (Lipinski definition) is 28. The zero-order valence-corrected chi connectivity index (χ0v) is 39.1. The number of H-pyrrole nitrogens is 2. The van der Waals surface area contributed by atoms with Crippen molar-refractivity contribution in [3.63, 3.8) is 0 Å². The van der Waals surface area contributed by atoms with Gasteiger partial charge >= 0.3 is 47.8 Å². The van der Waals surface area contributed by atoms with E-state index in [9.17, 15) is 47.9 Å². The van der Waals surface area contributed by atoms with Crippen molar-refractivity contribution in [3.05, 3.63) is 20.7 Å². The Bertz CT molecular complexity index is 2310. The number of rotatable bonds is 19. The molecule has 0 aromatic carbocycles. The predicted molar refractivity (Wildman–Crippen MR) is 230 cm³/mol.